The monoisotopic (exact) mass is 438 g/mol. The van der Waals surface area contributed by atoms with Gasteiger partial charge in [0.15, 0.2) is 5.75 Å². The van der Waals surface area contributed by atoms with Crippen LogP contribution in [0.25, 0.3) is 0 Å². The zero-order chi connectivity index (χ0) is 19.1. The number of nitrogens with zero attached hydrogens (tertiary/aromatic N) is 1. The van der Waals surface area contributed by atoms with E-state index in [4.69, 9.17) is 9.47 Å². The van der Waals surface area contributed by atoms with E-state index in [1.54, 1.807) is 18.2 Å². The predicted octanol–water partition coefficient (Wildman–Crippen LogP) is 4.90. The fourth-order valence-corrected chi connectivity index (χ4v) is 4.15. The van der Waals surface area contributed by atoms with Gasteiger partial charge in [0.1, 0.15) is 17.4 Å². The number of anilines is 1. The number of hydrogen-bond acceptors (Lipinski definition) is 4. The Labute approximate surface area is 163 Å². The molecule has 2 atom stereocenters. The molecule has 0 aliphatic carbocycles. The minimum absolute atomic E-state index is 0.290. The van der Waals surface area contributed by atoms with Crippen LogP contribution in [-0.2, 0) is 4.74 Å². The van der Waals surface area contributed by atoms with E-state index in [1.807, 2.05) is 4.90 Å². The number of rotatable bonds is 1. The van der Waals surface area contributed by atoms with Crippen molar-refractivity contribution in [3.63, 3.8) is 0 Å². The molecule has 2 aliphatic rings. The standard InChI is InChI=1S/C19H17BrF2N2O3/c1-26-19(25)23-13-5-3-7-24-14-8-10(20)12(22)9-16(14)27-15-6-2-4-11(21)17(15)18(13)24/h2,4,6,8-9,13,18H,3,5,7H2,1H3,(H,23,25)/t13-,18-/m1/s1. The third-order valence-corrected chi connectivity index (χ3v) is 5.57. The Balaban J connectivity index is 1.90. The van der Waals surface area contributed by atoms with Gasteiger partial charge in [-0.3, -0.25) is 0 Å². The number of carbonyl (C=O) groups excluding carboxylic acids is 1. The molecule has 4 rings (SSSR count). The zero-order valence-corrected chi connectivity index (χ0v) is 16.1. The van der Waals surface area contributed by atoms with Crippen LogP contribution in [0.2, 0.25) is 0 Å². The number of halogens is 3. The van der Waals surface area contributed by atoms with Crippen molar-refractivity contribution in [2.24, 2.45) is 0 Å². The lowest BCUT2D eigenvalue weighted by Crippen LogP contribution is -2.50. The first-order valence-corrected chi connectivity index (χ1v) is 9.35. The molecule has 0 saturated carbocycles. The maximum Gasteiger partial charge on any atom is 0.407 e. The second-order valence-electron chi connectivity index (χ2n) is 6.51. The summed E-state index contributed by atoms with van der Waals surface area (Å²) in [5.74, 6) is -0.285. The van der Waals surface area contributed by atoms with Gasteiger partial charge in [0, 0.05) is 12.6 Å². The van der Waals surface area contributed by atoms with Gasteiger partial charge in [-0.15, -0.1) is 0 Å². The highest BCUT2D eigenvalue weighted by Gasteiger charge is 2.40. The van der Waals surface area contributed by atoms with Crippen molar-refractivity contribution in [3.8, 4) is 11.5 Å². The Morgan fingerprint density at radius 2 is 2.11 bits per heavy atom. The van der Waals surface area contributed by atoms with Crippen LogP contribution < -0.4 is 15.0 Å². The lowest BCUT2D eigenvalue weighted by Gasteiger charge is -2.42. The minimum atomic E-state index is -0.578. The lowest BCUT2D eigenvalue weighted by atomic mass is 9.89. The van der Waals surface area contributed by atoms with Crippen LogP contribution in [0.1, 0.15) is 24.4 Å². The van der Waals surface area contributed by atoms with Crippen molar-refractivity contribution < 1.29 is 23.0 Å². The summed E-state index contributed by atoms with van der Waals surface area (Å²) < 4.78 is 39.9. The molecule has 0 unspecified atom stereocenters. The van der Waals surface area contributed by atoms with Gasteiger partial charge in [0.2, 0.25) is 0 Å². The molecule has 1 fully saturated rings. The third-order valence-electron chi connectivity index (χ3n) is 4.96. The smallest absolute Gasteiger partial charge is 0.407 e. The van der Waals surface area contributed by atoms with Crippen LogP contribution in [0.15, 0.2) is 34.8 Å². The van der Waals surface area contributed by atoms with E-state index in [0.717, 1.165) is 6.42 Å². The maximum absolute atomic E-state index is 14.9. The molecular weight excluding hydrogens is 422 g/mol. The van der Waals surface area contributed by atoms with Crippen LogP contribution >= 0.6 is 15.9 Å². The van der Waals surface area contributed by atoms with E-state index in [2.05, 4.69) is 21.2 Å². The van der Waals surface area contributed by atoms with Crippen molar-refractivity contribution in [2.75, 3.05) is 18.6 Å². The number of piperidine rings is 1. The summed E-state index contributed by atoms with van der Waals surface area (Å²) in [6.07, 6.45) is 0.843. The van der Waals surface area contributed by atoms with E-state index >= 15 is 0 Å². The molecule has 0 aromatic heterocycles. The van der Waals surface area contributed by atoms with Crippen LogP contribution in [0.3, 0.4) is 0 Å². The summed E-state index contributed by atoms with van der Waals surface area (Å²) in [5.41, 5.74) is 0.978. The number of methoxy groups -OCH3 is 1. The Bertz CT molecular complexity index is 909. The van der Waals surface area contributed by atoms with Crippen LogP contribution in [-0.4, -0.2) is 25.8 Å². The van der Waals surface area contributed by atoms with E-state index in [9.17, 15) is 13.6 Å². The number of fused-ring (bicyclic) bond motifs is 5. The largest absolute Gasteiger partial charge is 0.455 e. The first kappa shape index (κ1) is 18.0. The minimum Gasteiger partial charge on any atom is -0.455 e. The summed E-state index contributed by atoms with van der Waals surface area (Å²) in [7, 11) is 1.29. The van der Waals surface area contributed by atoms with Crippen LogP contribution in [0, 0.1) is 11.6 Å². The first-order valence-electron chi connectivity index (χ1n) is 8.56. The first-order chi connectivity index (χ1) is 13.0. The molecule has 2 heterocycles. The molecule has 0 bridgehead atoms. The molecule has 5 nitrogen and oxygen atoms in total. The van der Waals surface area contributed by atoms with Gasteiger partial charge in [-0.1, -0.05) is 6.07 Å². The maximum atomic E-state index is 14.9. The van der Waals surface area contributed by atoms with Crippen molar-refractivity contribution in [3.05, 3.63) is 52.0 Å². The highest BCUT2D eigenvalue weighted by atomic mass is 79.9. The van der Waals surface area contributed by atoms with Crippen molar-refractivity contribution in [1.29, 1.82) is 0 Å². The molecule has 2 aromatic rings. The summed E-state index contributed by atoms with van der Waals surface area (Å²) in [6, 6.07) is 6.57. The average molecular weight is 439 g/mol. The van der Waals surface area contributed by atoms with Crippen LogP contribution in [0.4, 0.5) is 19.3 Å². The number of amides is 1. The van der Waals surface area contributed by atoms with E-state index < -0.39 is 23.8 Å². The lowest BCUT2D eigenvalue weighted by molar-refractivity contribution is 0.161. The van der Waals surface area contributed by atoms with Gasteiger partial charge in [-0.05, 0) is 47.0 Å². The molecule has 8 heteroatoms. The Morgan fingerprint density at radius 3 is 2.89 bits per heavy atom. The Hall–Kier alpha value is -2.35. The Morgan fingerprint density at radius 1 is 1.30 bits per heavy atom. The van der Waals surface area contributed by atoms with Gasteiger partial charge in [0.05, 0.1) is 34.9 Å². The number of benzene rings is 2. The summed E-state index contributed by atoms with van der Waals surface area (Å²) in [6.45, 7) is 0.617. The van der Waals surface area contributed by atoms with E-state index in [0.29, 0.717) is 35.7 Å². The van der Waals surface area contributed by atoms with Gasteiger partial charge >= 0.3 is 6.09 Å². The quantitative estimate of drug-likeness (QED) is 0.687. The fraction of sp³-hybridized carbons (Fsp3) is 0.316. The normalized spacial score (nSPS) is 20.5. The highest BCUT2D eigenvalue weighted by molar-refractivity contribution is 9.10. The molecule has 2 aromatic carbocycles. The molecule has 2 aliphatic heterocycles. The zero-order valence-electron chi connectivity index (χ0n) is 14.5. The average Bonchev–Trinajstić information content (AvgIpc) is 2.78. The topological polar surface area (TPSA) is 50.8 Å². The molecule has 27 heavy (non-hydrogen) atoms. The summed E-state index contributed by atoms with van der Waals surface area (Å²) in [5, 5.41) is 2.81. The molecular formula is C19H17BrF2N2O3. The number of alkyl carbamates (subject to hydrolysis) is 1. The molecule has 142 valence electrons. The number of ether oxygens (including phenoxy) is 2. The van der Waals surface area contributed by atoms with E-state index in [1.165, 1.54) is 19.2 Å². The number of nitrogens with one attached hydrogen (secondary N) is 1. The molecule has 1 saturated heterocycles. The van der Waals surface area contributed by atoms with Crippen molar-refractivity contribution in [1.82, 2.24) is 5.32 Å². The van der Waals surface area contributed by atoms with E-state index in [-0.39, 0.29) is 10.5 Å². The van der Waals surface area contributed by atoms with Crippen molar-refractivity contribution in [2.45, 2.75) is 24.9 Å². The van der Waals surface area contributed by atoms with Gasteiger partial charge < -0.3 is 19.7 Å². The highest BCUT2D eigenvalue weighted by Crippen LogP contribution is 2.49. The molecule has 1 N–H and O–H groups in total. The molecule has 0 radical (unpaired) electrons. The second-order valence-corrected chi connectivity index (χ2v) is 7.36. The second kappa shape index (κ2) is 6.99. The Kier molecular flexibility index (Phi) is 4.67. The number of carbonyl (C=O) groups is 1. The fourth-order valence-electron chi connectivity index (χ4n) is 3.82. The molecule has 1 amide bonds. The van der Waals surface area contributed by atoms with Crippen LogP contribution in [0.5, 0.6) is 11.5 Å². The van der Waals surface area contributed by atoms with Gasteiger partial charge in [-0.25, -0.2) is 13.6 Å². The van der Waals surface area contributed by atoms with Gasteiger partial charge in [-0.2, -0.15) is 0 Å². The number of hydrogen-bond donors (Lipinski definition) is 1. The molecule has 0 spiro atoms. The summed E-state index contributed by atoms with van der Waals surface area (Å²) >= 11 is 3.21. The summed E-state index contributed by atoms with van der Waals surface area (Å²) in [4.78, 5) is 13.8. The van der Waals surface area contributed by atoms with Crippen molar-refractivity contribution >= 4 is 27.7 Å². The SMILES string of the molecule is COC(=O)N[C@@H]1CCCN2c3cc(Br)c(F)cc3Oc3cccc(F)c3[C@@H]12. The third kappa shape index (κ3) is 3.12. The predicted molar refractivity (Wildman–Crippen MR) is 99.2 cm³/mol. The van der Waals surface area contributed by atoms with Gasteiger partial charge in [0.25, 0.3) is 0 Å².